The SMILES string of the molecule is CCCCCNC(=O)C(c1ccc(C)cc1C)N(C(=O)C(NC(=O)OC(C)(C)C)C(C)CC)C1CC1C. The van der Waals surface area contributed by atoms with Crippen LogP contribution in [0.2, 0.25) is 0 Å². The second kappa shape index (κ2) is 13.3. The van der Waals surface area contributed by atoms with Gasteiger partial charge in [-0.15, -0.1) is 0 Å². The smallest absolute Gasteiger partial charge is 0.408 e. The zero-order valence-corrected chi connectivity index (χ0v) is 24.4. The van der Waals surface area contributed by atoms with E-state index in [1.54, 1.807) is 25.7 Å². The molecule has 5 atom stereocenters. The lowest BCUT2D eigenvalue weighted by Crippen LogP contribution is -2.56. The average Bonchev–Trinajstić information content (AvgIpc) is 3.52. The van der Waals surface area contributed by atoms with Crippen molar-refractivity contribution >= 4 is 17.9 Å². The van der Waals surface area contributed by atoms with Crippen molar-refractivity contribution in [3.05, 3.63) is 34.9 Å². The van der Waals surface area contributed by atoms with Gasteiger partial charge >= 0.3 is 6.09 Å². The number of carbonyl (C=O) groups excluding carboxylic acids is 3. The van der Waals surface area contributed by atoms with Gasteiger partial charge in [0.1, 0.15) is 17.7 Å². The van der Waals surface area contributed by atoms with Crippen LogP contribution in [0.5, 0.6) is 0 Å². The zero-order valence-electron chi connectivity index (χ0n) is 24.4. The van der Waals surface area contributed by atoms with E-state index in [2.05, 4.69) is 30.5 Å². The van der Waals surface area contributed by atoms with Crippen LogP contribution >= 0.6 is 0 Å². The molecule has 0 bridgehead atoms. The van der Waals surface area contributed by atoms with Gasteiger partial charge in [0.05, 0.1) is 0 Å². The molecule has 0 aromatic heterocycles. The molecule has 0 aliphatic heterocycles. The molecule has 0 heterocycles. The van der Waals surface area contributed by atoms with E-state index in [0.29, 0.717) is 13.0 Å². The van der Waals surface area contributed by atoms with E-state index in [9.17, 15) is 14.4 Å². The number of hydrogen-bond acceptors (Lipinski definition) is 4. The van der Waals surface area contributed by atoms with Gasteiger partial charge in [-0.2, -0.15) is 0 Å². The molecule has 1 aliphatic rings. The summed E-state index contributed by atoms with van der Waals surface area (Å²) in [6, 6.07) is 4.38. The molecule has 1 aromatic rings. The van der Waals surface area contributed by atoms with E-state index in [4.69, 9.17) is 4.74 Å². The summed E-state index contributed by atoms with van der Waals surface area (Å²) >= 11 is 0. The van der Waals surface area contributed by atoms with E-state index in [-0.39, 0.29) is 29.7 Å². The second-order valence-electron chi connectivity index (χ2n) is 11.8. The van der Waals surface area contributed by atoms with Gasteiger partial charge in [-0.05, 0) is 70.4 Å². The first-order valence-electron chi connectivity index (χ1n) is 14.0. The number of alkyl carbamates (subject to hydrolysis) is 1. The Labute approximate surface area is 224 Å². The number of nitrogens with one attached hydrogen (secondary N) is 2. The Balaban J connectivity index is 2.50. The third-order valence-electron chi connectivity index (χ3n) is 7.16. The van der Waals surface area contributed by atoms with Crippen LogP contribution in [0.1, 0.15) is 103 Å². The summed E-state index contributed by atoms with van der Waals surface area (Å²) in [7, 11) is 0. The molecule has 1 fully saturated rings. The number of ether oxygens (including phenoxy) is 1. The van der Waals surface area contributed by atoms with Gasteiger partial charge in [0.25, 0.3) is 0 Å². The number of unbranched alkanes of at least 4 members (excludes halogenated alkanes) is 2. The van der Waals surface area contributed by atoms with Crippen LogP contribution in [0, 0.1) is 25.7 Å². The highest BCUT2D eigenvalue weighted by atomic mass is 16.6. The number of nitrogens with zero attached hydrogens (tertiary/aromatic N) is 1. The van der Waals surface area contributed by atoms with Gasteiger partial charge < -0.3 is 20.3 Å². The molecule has 1 saturated carbocycles. The van der Waals surface area contributed by atoms with Crippen molar-refractivity contribution in [2.75, 3.05) is 6.54 Å². The molecule has 2 N–H and O–H groups in total. The van der Waals surface area contributed by atoms with Crippen LogP contribution < -0.4 is 10.6 Å². The number of benzene rings is 1. The molecule has 1 aliphatic carbocycles. The predicted molar refractivity (Wildman–Crippen MR) is 148 cm³/mol. The summed E-state index contributed by atoms with van der Waals surface area (Å²) < 4.78 is 5.49. The standard InChI is InChI=1S/C30H49N3O4/c1-10-12-13-16-31-27(34)26(23-15-14-19(3)17-21(23)5)33(24-18-22(24)6)28(35)25(20(4)11-2)32-29(36)37-30(7,8)9/h14-15,17,20,22,24-26H,10-13,16,18H2,1-9H3,(H,31,34)(H,32,36). The Morgan fingerprint density at radius 1 is 1.14 bits per heavy atom. The van der Waals surface area contributed by atoms with Crippen molar-refractivity contribution in [2.45, 2.75) is 118 Å². The minimum absolute atomic E-state index is 0.0633. The van der Waals surface area contributed by atoms with Crippen LogP contribution in [0.15, 0.2) is 18.2 Å². The van der Waals surface area contributed by atoms with Crippen molar-refractivity contribution in [1.82, 2.24) is 15.5 Å². The maximum absolute atomic E-state index is 14.3. The molecule has 0 saturated heterocycles. The largest absolute Gasteiger partial charge is 0.444 e. The van der Waals surface area contributed by atoms with Crippen LogP contribution in [-0.4, -0.2) is 47.0 Å². The number of amides is 3. The maximum atomic E-state index is 14.3. The molecular weight excluding hydrogens is 466 g/mol. The van der Waals surface area contributed by atoms with Crippen molar-refractivity contribution in [2.24, 2.45) is 11.8 Å². The van der Waals surface area contributed by atoms with Crippen molar-refractivity contribution < 1.29 is 19.1 Å². The van der Waals surface area contributed by atoms with Crippen molar-refractivity contribution in [3.8, 4) is 0 Å². The molecule has 37 heavy (non-hydrogen) atoms. The first kappa shape index (κ1) is 30.7. The highest BCUT2D eigenvalue weighted by Gasteiger charge is 2.49. The Morgan fingerprint density at radius 3 is 2.30 bits per heavy atom. The summed E-state index contributed by atoms with van der Waals surface area (Å²) in [6.07, 6.45) is 3.89. The highest BCUT2D eigenvalue weighted by Crippen LogP contribution is 2.41. The van der Waals surface area contributed by atoms with E-state index >= 15 is 0 Å². The molecule has 7 nitrogen and oxygen atoms in total. The van der Waals surface area contributed by atoms with Crippen LogP contribution in [0.3, 0.4) is 0 Å². The van der Waals surface area contributed by atoms with Gasteiger partial charge in [0, 0.05) is 12.6 Å². The van der Waals surface area contributed by atoms with Gasteiger partial charge in [-0.1, -0.05) is 70.7 Å². The van der Waals surface area contributed by atoms with Gasteiger partial charge in [0.15, 0.2) is 0 Å². The maximum Gasteiger partial charge on any atom is 0.408 e. The Morgan fingerprint density at radius 2 is 1.78 bits per heavy atom. The summed E-state index contributed by atoms with van der Waals surface area (Å²) in [4.78, 5) is 42.6. The summed E-state index contributed by atoms with van der Waals surface area (Å²) in [5, 5.41) is 5.95. The number of carbonyl (C=O) groups is 3. The third kappa shape index (κ3) is 8.75. The molecule has 208 valence electrons. The minimum atomic E-state index is -0.797. The number of hydrogen-bond donors (Lipinski definition) is 2. The van der Waals surface area contributed by atoms with E-state index in [1.807, 2.05) is 39.8 Å². The van der Waals surface area contributed by atoms with Crippen LogP contribution in [0.4, 0.5) is 4.79 Å². The lowest BCUT2D eigenvalue weighted by atomic mass is 9.93. The molecule has 0 spiro atoms. The minimum Gasteiger partial charge on any atom is -0.444 e. The summed E-state index contributed by atoms with van der Waals surface area (Å²) in [5.41, 5.74) is 2.22. The molecule has 0 radical (unpaired) electrons. The normalized spacial score (nSPS) is 19.4. The molecule has 1 aromatic carbocycles. The third-order valence-corrected chi connectivity index (χ3v) is 7.16. The molecule has 3 amide bonds. The molecule has 2 rings (SSSR count). The summed E-state index contributed by atoms with van der Waals surface area (Å²) in [5.74, 6) is -0.257. The number of rotatable bonds is 12. The Kier molecular flexibility index (Phi) is 11.0. The quantitative estimate of drug-likeness (QED) is 0.343. The predicted octanol–water partition coefficient (Wildman–Crippen LogP) is 5.83. The summed E-state index contributed by atoms with van der Waals surface area (Å²) in [6.45, 7) is 18.1. The lowest BCUT2D eigenvalue weighted by Gasteiger charge is -2.37. The fourth-order valence-corrected chi connectivity index (χ4v) is 4.68. The average molecular weight is 516 g/mol. The monoisotopic (exact) mass is 515 g/mol. The Bertz CT molecular complexity index is 939. The van der Waals surface area contributed by atoms with Gasteiger partial charge in [-0.3, -0.25) is 9.59 Å². The fourth-order valence-electron chi connectivity index (χ4n) is 4.68. The number of aryl methyl sites for hydroxylation is 2. The van der Waals surface area contributed by atoms with E-state index < -0.39 is 23.8 Å². The topological polar surface area (TPSA) is 87.7 Å². The first-order valence-corrected chi connectivity index (χ1v) is 14.0. The lowest BCUT2D eigenvalue weighted by molar-refractivity contribution is -0.144. The molecular formula is C30H49N3O4. The highest BCUT2D eigenvalue weighted by molar-refractivity contribution is 5.93. The second-order valence-corrected chi connectivity index (χ2v) is 11.8. The molecule has 5 unspecified atom stereocenters. The van der Waals surface area contributed by atoms with Gasteiger partial charge in [-0.25, -0.2) is 4.79 Å². The fraction of sp³-hybridized carbons (Fsp3) is 0.700. The van der Waals surface area contributed by atoms with Crippen LogP contribution in [0.25, 0.3) is 0 Å². The molecule has 7 heteroatoms. The Hall–Kier alpha value is -2.57. The van der Waals surface area contributed by atoms with Crippen molar-refractivity contribution in [1.29, 1.82) is 0 Å². The first-order chi connectivity index (χ1) is 17.3. The van der Waals surface area contributed by atoms with E-state index in [0.717, 1.165) is 42.4 Å². The van der Waals surface area contributed by atoms with Gasteiger partial charge in [0.2, 0.25) is 11.8 Å². The zero-order chi connectivity index (χ0) is 27.9. The van der Waals surface area contributed by atoms with E-state index in [1.165, 1.54) is 0 Å². The van der Waals surface area contributed by atoms with Crippen LogP contribution in [-0.2, 0) is 14.3 Å². The van der Waals surface area contributed by atoms with Crippen molar-refractivity contribution in [3.63, 3.8) is 0 Å².